The van der Waals surface area contributed by atoms with Crippen LogP contribution in [-0.2, 0) is 24.2 Å². The zero-order valence-electron chi connectivity index (χ0n) is 11.5. The number of carbonyl (C=O) groups excluding carboxylic acids is 1. The maximum Gasteiger partial charge on any atom is 0.426 e. The van der Waals surface area contributed by atoms with Crippen molar-refractivity contribution >= 4 is 23.4 Å². The number of fused-ring (bicyclic) bond motifs is 1. The fourth-order valence-electron chi connectivity index (χ4n) is 2.54. The lowest BCUT2D eigenvalue weighted by atomic mass is 9.76. The first-order valence-corrected chi connectivity index (χ1v) is 7.17. The highest BCUT2D eigenvalue weighted by Gasteiger charge is 2.32. The molecule has 0 saturated carbocycles. The van der Waals surface area contributed by atoms with Crippen molar-refractivity contribution in [2.24, 2.45) is 11.3 Å². The Morgan fingerprint density at radius 1 is 1.50 bits per heavy atom. The number of rotatable bonds is 3. The van der Waals surface area contributed by atoms with E-state index in [1.54, 1.807) is 0 Å². The number of aryl methyl sites for hydroxylation is 1. The SMILES string of the molecule is CC1(C)CCc2sc(CNC(=O)ON)c(C(=O)O)c2C1. The van der Waals surface area contributed by atoms with Gasteiger partial charge in [0.1, 0.15) is 0 Å². The predicted molar refractivity (Wildman–Crippen MR) is 74.6 cm³/mol. The number of aromatic carboxylic acids is 1. The van der Waals surface area contributed by atoms with Crippen LogP contribution in [0.25, 0.3) is 0 Å². The standard InChI is InChI=1S/C13H18N2O4S/c1-13(2)4-3-8-7(5-13)10(11(16)17)9(20-8)6-15-12(18)19-14/h3-6,14H2,1-2H3,(H,15,18)(H,16,17). The molecular weight excluding hydrogens is 280 g/mol. The van der Waals surface area contributed by atoms with Gasteiger partial charge in [-0.15, -0.1) is 11.3 Å². The summed E-state index contributed by atoms with van der Waals surface area (Å²) < 4.78 is 0. The monoisotopic (exact) mass is 298 g/mol. The summed E-state index contributed by atoms with van der Waals surface area (Å²) in [5, 5.41) is 11.9. The summed E-state index contributed by atoms with van der Waals surface area (Å²) in [6, 6.07) is 0. The van der Waals surface area contributed by atoms with Crippen molar-refractivity contribution < 1.29 is 19.5 Å². The molecule has 1 heterocycles. The normalized spacial score (nSPS) is 16.4. The van der Waals surface area contributed by atoms with Crippen molar-refractivity contribution in [3.05, 3.63) is 20.9 Å². The number of carbonyl (C=O) groups is 2. The number of hydrogen-bond acceptors (Lipinski definition) is 5. The van der Waals surface area contributed by atoms with Crippen LogP contribution < -0.4 is 11.2 Å². The first-order chi connectivity index (χ1) is 9.34. The smallest absolute Gasteiger partial charge is 0.426 e. The molecule has 0 fully saturated rings. The van der Waals surface area contributed by atoms with Crippen LogP contribution in [0.5, 0.6) is 0 Å². The third-order valence-electron chi connectivity index (χ3n) is 3.56. The van der Waals surface area contributed by atoms with Crippen LogP contribution in [0.2, 0.25) is 0 Å². The highest BCUT2D eigenvalue weighted by molar-refractivity contribution is 7.12. The quantitative estimate of drug-likeness (QED) is 0.741. The number of hydrogen-bond donors (Lipinski definition) is 3. The van der Waals surface area contributed by atoms with Gasteiger partial charge in [0.05, 0.1) is 12.1 Å². The maximum atomic E-state index is 11.5. The second kappa shape index (κ2) is 5.41. The molecule has 0 spiro atoms. The summed E-state index contributed by atoms with van der Waals surface area (Å²) in [6.45, 7) is 4.40. The molecule has 1 aliphatic rings. The number of carboxylic acid groups (broad SMARTS) is 1. The van der Waals surface area contributed by atoms with Crippen LogP contribution in [0.4, 0.5) is 4.79 Å². The topological polar surface area (TPSA) is 102 Å². The Morgan fingerprint density at radius 3 is 2.80 bits per heavy atom. The minimum absolute atomic E-state index is 0.110. The lowest BCUT2D eigenvalue weighted by molar-refractivity contribution is 0.0693. The molecule has 1 amide bonds. The number of nitrogens with one attached hydrogen (secondary N) is 1. The highest BCUT2D eigenvalue weighted by Crippen LogP contribution is 2.41. The van der Waals surface area contributed by atoms with Crippen LogP contribution in [0.15, 0.2) is 0 Å². The van der Waals surface area contributed by atoms with Crippen LogP contribution in [0.3, 0.4) is 0 Å². The van der Waals surface area contributed by atoms with Gasteiger partial charge in [-0.3, -0.25) is 0 Å². The van der Waals surface area contributed by atoms with Gasteiger partial charge < -0.3 is 15.3 Å². The van der Waals surface area contributed by atoms with E-state index < -0.39 is 12.1 Å². The van der Waals surface area contributed by atoms with E-state index in [4.69, 9.17) is 5.90 Å². The van der Waals surface area contributed by atoms with Gasteiger partial charge in [-0.05, 0) is 30.2 Å². The minimum atomic E-state index is -0.946. The molecule has 1 aromatic rings. The fraction of sp³-hybridized carbons (Fsp3) is 0.538. The van der Waals surface area contributed by atoms with Crippen molar-refractivity contribution in [1.82, 2.24) is 5.32 Å². The Morgan fingerprint density at radius 2 is 2.20 bits per heavy atom. The molecule has 0 radical (unpaired) electrons. The van der Waals surface area contributed by atoms with Gasteiger partial charge >= 0.3 is 12.1 Å². The third kappa shape index (κ3) is 2.94. The Balaban J connectivity index is 2.32. The average molecular weight is 298 g/mol. The largest absolute Gasteiger partial charge is 0.478 e. The molecule has 0 saturated heterocycles. The summed E-state index contributed by atoms with van der Waals surface area (Å²) in [4.78, 5) is 28.3. The molecule has 110 valence electrons. The molecule has 0 atom stereocenters. The Kier molecular flexibility index (Phi) is 4.01. The fourth-order valence-corrected chi connectivity index (χ4v) is 3.80. The van der Waals surface area contributed by atoms with E-state index >= 15 is 0 Å². The molecule has 1 aliphatic carbocycles. The lowest BCUT2D eigenvalue weighted by Crippen LogP contribution is -2.26. The first-order valence-electron chi connectivity index (χ1n) is 6.35. The van der Waals surface area contributed by atoms with E-state index in [2.05, 4.69) is 24.0 Å². The van der Waals surface area contributed by atoms with E-state index in [9.17, 15) is 14.7 Å². The van der Waals surface area contributed by atoms with Crippen LogP contribution in [-0.4, -0.2) is 17.2 Å². The van der Waals surface area contributed by atoms with Gasteiger partial charge in [-0.1, -0.05) is 13.8 Å². The summed E-state index contributed by atoms with van der Waals surface area (Å²) in [7, 11) is 0. The van der Waals surface area contributed by atoms with E-state index in [0.717, 1.165) is 29.7 Å². The zero-order valence-corrected chi connectivity index (χ0v) is 12.3. The molecule has 2 rings (SSSR count). The molecule has 6 nitrogen and oxygen atoms in total. The van der Waals surface area contributed by atoms with Gasteiger partial charge in [0.25, 0.3) is 0 Å². The van der Waals surface area contributed by atoms with Crippen LogP contribution in [0.1, 0.15) is 45.9 Å². The highest BCUT2D eigenvalue weighted by atomic mass is 32.1. The summed E-state index contributed by atoms with van der Waals surface area (Å²) >= 11 is 1.45. The van der Waals surface area contributed by atoms with Crippen molar-refractivity contribution in [1.29, 1.82) is 0 Å². The maximum absolute atomic E-state index is 11.5. The van der Waals surface area contributed by atoms with Gasteiger partial charge in [0, 0.05) is 9.75 Å². The molecule has 0 unspecified atom stereocenters. The molecule has 20 heavy (non-hydrogen) atoms. The third-order valence-corrected chi connectivity index (χ3v) is 4.85. The van der Waals surface area contributed by atoms with E-state index in [-0.39, 0.29) is 12.0 Å². The van der Waals surface area contributed by atoms with Crippen LogP contribution >= 0.6 is 11.3 Å². The summed E-state index contributed by atoms with van der Waals surface area (Å²) in [5.74, 6) is 3.80. The minimum Gasteiger partial charge on any atom is -0.478 e. The number of amides is 1. The lowest BCUT2D eigenvalue weighted by Gasteiger charge is -2.29. The van der Waals surface area contributed by atoms with Gasteiger partial charge in [-0.2, -0.15) is 5.90 Å². The van der Waals surface area contributed by atoms with Crippen molar-refractivity contribution in [2.75, 3.05) is 0 Å². The second-order valence-electron chi connectivity index (χ2n) is 5.71. The van der Waals surface area contributed by atoms with Gasteiger partial charge in [-0.25, -0.2) is 9.59 Å². The number of thiophene rings is 1. The first kappa shape index (κ1) is 14.8. The average Bonchev–Trinajstić information content (AvgIpc) is 2.72. The predicted octanol–water partition coefficient (Wildman–Crippen LogP) is 2.06. The van der Waals surface area contributed by atoms with Gasteiger partial charge in [0.15, 0.2) is 0 Å². The molecular formula is C13H18N2O4S. The second-order valence-corrected chi connectivity index (χ2v) is 6.90. The summed E-state index contributed by atoms with van der Waals surface area (Å²) in [5.41, 5.74) is 1.35. The summed E-state index contributed by atoms with van der Waals surface area (Å²) in [6.07, 6.45) is 1.90. The van der Waals surface area contributed by atoms with E-state index in [0.29, 0.717) is 10.4 Å². The van der Waals surface area contributed by atoms with Gasteiger partial charge in [0.2, 0.25) is 0 Å². The Labute approximate surface area is 120 Å². The van der Waals surface area contributed by atoms with Crippen LogP contribution in [0, 0.1) is 5.41 Å². The zero-order chi connectivity index (χ0) is 14.9. The molecule has 1 aromatic heterocycles. The molecule has 0 bridgehead atoms. The Bertz CT molecular complexity index is 551. The molecule has 4 N–H and O–H groups in total. The van der Waals surface area contributed by atoms with E-state index in [1.807, 2.05) is 0 Å². The van der Waals surface area contributed by atoms with Crippen molar-refractivity contribution in [3.8, 4) is 0 Å². The van der Waals surface area contributed by atoms with Crippen molar-refractivity contribution in [3.63, 3.8) is 0 Å². The number of nitrogens with two attached hydrogens (primary N) is 1. The molecule has 7 heteroatoms. The molecule has 0 aliphatic heterocycles. The number of carboxylic acids is 1. The van der Waals surface area contributed by atoms with Crippen molar-refractivity contribution in [2.45, 2.75) is 39.7 Å². The Hall–Kier alpha value is -1.60. The van der Waals surface area contributed by atoms with E-state index in [1.165, 1.54) is 11.3 Å². The molecule has 0 aromatic carbocycles.